The lowest BCUT2D eigenvalue weighted by Crippen LogP contribution is -2.18. The first-order chi connectivity index (χ1) is 4.99. The maximum absolute atomic E-state index is 5.20. The van der Waals surface area contributed by atoms with Gasteiger partial charge in [0.25, 0.3) is 0 Å². The molecule has 1 aliphatic rings. The van der Waals surface area contributed by atoms with Crippen molar-refractivity contribution in [2.75, 3.05) is 0 Å². The number of allylic oxidation sites excluding steroid dienone is 2. The number of oxime groups is 1. The highest BCUT2D eigenvalue weighted by Gasteiger charge is 2.27. The molecule has 0 fully saturated rings. The molecule has 0 amide bonds. The summed E-state index contributed by atoms with van der Waals surface area (Å²) in [4.78, 5) is 5.20. The van der Waals surface area contributed by atoms with Crippen LogP contribution in [0.15, 0.2) is 16.8 Å². The smallest absolute Gasteiger partial charge is 0.137 e. The van der Waals surface area contributed by atoms with Gasteiger partial charge < -0.3 is 4.84 Å². The van der Waals surface area contributed by atoms with Crippen LogP contribution in [-0.2, 0) is 4.84 Å². The Balaban J connectivity index is 2.61. The fraction of sp³-hybridized carbons (Fsp3) is 0.667. The first-order valence-corrected chi connectivity index (χ1v) is 3.89. The summed E-state index contributed by atoms with van der Waals surface area (Å²) in [5, 5.41) is 3.97. The summed E-state index contributed by atoms with van der Waals surface area (Å²) in [6.07, 6.45) is 2.98. The Hall–Kier alpha value is -0.790. The van der Waals surface area contributed by atoms with Crippen molar-refractivity contribution < 1.29 is 4.84 Å². The normalized spacial score (nSPS) is 20.5. The van der Waals surface area contributed by atoms with Crippen LogP contribution in [0.1, 0.15) is 34.1 Å². The highest BCUT2D eigenvalue weighted by Crippen LogP contribution is 2.22. The van der Waals surface area contributed by atoms with E-state index >= 15 is 0 Å². The van der Waals surface area contributed by atoms with Crippen molar-refractivity contribution in [1.82, 2.24) is 0 Å². The van der Waals surface area contributed by atoms with Crippen molar-refractivity contribution in [3.8, 4) is 0 Å². The van der Waals surface area contributed by atoms with E-state index < -0.39 is 0 Å². The minimum absolute atomic E-state index is 0.0959. The average Bonchev–Trinajstić information content (AvgIpc) is 2.08. The number of hydrogen-bond donors (Lipinski definition) is 0. The van der Waals surface area contributed by atoms with Crippen LogP contribution < -0.4 is 0 Å². The standard InChI is InChI=1S/C9H15NO/c1-7(2)5-8-6-9(3,4)11-10-8/h5H,6H2,1-4H3. The second-order valence-electron chi connectivity index (χ2n) is 3.83. The van der Waals surface area contributed by atoms with Crippen molar-refractivity contribution in [2.45, 2.75) is 39.7 Å². The molecule has 11 heavy (non-hydrogen) atoms. The second-order valence-corrected chi connectivity index (χ2v) is 3.83. The van der Waals surface area contributed by atoms with Crippen molar-refractivity contribution in [2.24, 2.45) is 5.16 Å². The van der Waals surface area contributed by atoms with E-state index in [1.54, 1.807) is 0 Å². The summed E-state index contributed by atoms with van der Waals surface area (Å²) in [7, 11) is 0. The lowest BCUT2D eigenvalue weighted by Gasteiger charge is -2.12. The molecular weight excluding hydrogens is 138 g/mol. The highest BCUT2D eigenvalue weighted by molar-refractivity contribution is 5.96. The molecule has 0 aromatic rings. The van der Waals surface area contributed by atoms with Crippen LogP contribution in [0, 0.1) is 0 Å². The van der Waals surface area contributed by atoms with Gasteiger partial charge >= 0.3 is 0 Å². The van der Waals surface area contributed by atoms with Gasteiger partial charge in [-0.25, -0.2) is 0 Å². The molecule has 0 spiro atoms. The first-order valence-electron chi connectivity index (χ1n) is 3.89. The molecule has 2 heteroatoms. The van der Waals surface area contributed by atoms with E-state index in [2.05, 4.69) is 25.1 Å². The summed E-state index contributed by atoms with van der Waals surface area (Å²) in [5.41, 5.74) is 2.22. The van der Waals surface area contributed by atoms with Gasteiger partial charge in [-0.1, -0.05) is 10.7 Å². The van der Waals surface area contributed by atoms with Gasteiger partial charge in [-0.2, -0.15) is 0 Å². The molecule has 0 saturated carbocycles. The van der Waals surface area contributed by atoms with Crippen molar-refractivity contribution in [3.05, 3.63) is 11.6 Å². The van der Waals surface area contributed by atoms with E-state index in [1.165, 1.54) is 5.57 Å². The fourth-order valence-electron chi connectivity index (χ4n) is 1.09. The molecule has 0 radical (unpaired) electrons. The summed E-state index contributed by atoms with van der Waals surface area (Å²) >= 11 is 0. The lowest BCUT2D eigenvalue weighted by molar-refractivity contribution is 0.0123. The molecule has 1 rings (SSSR count). The summed E-state index contributed by atoms with van der Waals surface area (Å²) in [6.45, 7) is 8.21. The predicted octanol–water partition coefficient (Wildman–Crippen LogP) is 2.51. The lowest BCUT2D eigenvalue weighted by atomic mass is 10.0. The first kappa shape index (κ1) is 8.31. The van der Waals surface area contributed by atoms with Gasteiger partial charge in [-0.3, -0.25) is 0 Å². The molecule has 0 aromatic carbocycles. The molecule has 0 atom stereocenters. The average molecular weight is 153 g/mol. The van der Waals surface area contributed by atoms with Gasteiger partial charge in [0, 0.05) is 6.42 Å². The van der Waals surface area contributed by atoms with Crippen LogP contribution in [0.2, 0.25) is 0 Å². The van der Waals surface area contributed by atoms with E-state index in [1.807, 2.05) is 13.8 Å². The fourth-order valence-corrected chi connectivity index (χ4v) is 1.09. The Morgan fingerprint density at radius 1 is 1.55 bits per heavy atom. The Morgan fingerprint density at radius 2 is 2.18 bits per heavy atom. The van der Waals surface area contributed by atoms with Crippen molar-refractivity contribution >= 4 is 5.71 Å². The second kappa shape index (κ2) is 2.68. The Kier molecular flexibility index (Phi) is 2.03. The molecule has 62 valence electrons. The van der Waals surface area contributed by atoms with Gasteiger partial charge in [0.05, 0.1) is 5.71 Å². The van der Waals surface area contributed by atoms with Crippen molar-refractivity contribution in [3.63, 3.8) is 0 Å². The molecule has 1 heterocycles. The molecular formula is C9H15NO. The number of nitrogens with zero attached hydrogens (tertiary/aromatic N) is 1. The van der Waals surface area contributed by atoms with Gasteiger partial charge in [-0.15, -0.1) is 0 Å². The van der Waals surface area contributed by atoms with Crippen LogP contribution in [-0.4, -0.2) is 11.3 Å². The van der Waals surface area contributed by atoms with E-state index in [0.717, 1.165) is 12.1 Å². The van der Waals surface area contributed by atoms with E-state index in [0.29, 0.717) is 0 Å². The number of rotatable bonds is 1. The van der Waals surface area contributed by atoms with Gasteiger partial charge in [0.2, 0.25) is 0 Å². The highest BCUT2D eigenvalue weighted by atomic mass is 16.7. The Bertz CT molecular complexity index is 210. The minimum atomic E-state index is -0.0959. The monoisotopic (exact) mass is 153 g/mol. The summed E-state index contributed by atoms with van der Waals surface area (Å²) in [6, 6.07) is 0. The van der Waals surface area contributed by atoms with Crippen molar-refractivity contribution in [1.29, 1.82) is 0 Å². The third-order valence-corrected chi connectivity index (χ3v) is 1.47. The van der Waals surface area contributed by atoms with Crippen LogP contribution in [0.5, 0.6) is 0 Å². The van der Waals surface area contributed by atoms with E-state index in [-0.39, 0.29) is 5.60 Å². The minimum Gasteiger partial charge on any atom is -0.389 e. The van der Waals surface area contributed by atoms with Gasteiger partial charge in [0.15, 0.2) is 0 Å². The topological polar surface area (TPSA) is 21.6 Å². The molecule has 1 aliphatic heterocycles. The largest absolute Gasteiger partial charge is 0.389 e. The molecule has 0 saturated heterocycles. The maximum Gasteiger partial charge on any atom is 0.137 e. The van der Waals surface area contributed by atoms with Crippen LogP contribution in [0.3, 0.4) is 0 Å². The van der Waals surface area contributed by atoms with Gasteiger partial charge in [0.1, 0.15) is 5.60 Å². The zero-order valence-corrected chi connectivity index (χ0v) is 7.64. The maximum atomic E-state index is 5.20. The van der Waals surface area contributed by atoms with Crippen LogP contribution in [0.4, 0.5) is 0 Å². The van der Waals surface area contributed by atoms with Crippen LogP contribution >= 0.6 is 0 Å². The zero-order chi connectivity index (χ0) is 8.48. The Morgan fingerprint density at radius 3 is 2.55 bits per heavy atom. The molecule has 0 aromatic heterocycles. The molecule has 2 nitrogen and oxygen atoms in total. The predicted molar refractivity (Wildman–Crippen MR) is 46.6 cm³/mol. The summed E-state index contributed by atoms with van der Waals surface area (Å²) < 4.78 is 0. The molecule has 0 unspecified atom stereocenters. The number of hydrogen-bond acceptors (Lipinski definition) is 2. The third kappa shape index (κ3) is 2.37. The SMILES string of the molecule is CC(C)=CC1=NOC(C)(C)C1. The van der Waals surface area contributed by atoms with Crippen LogP contribution in [0.25, 0.3) is 0 Å². The van der Waals surface area contributed by atoms with E-state index in [4.69, 9.17) is 4.84 Å². The Labute approximate surface area is 67.9 Å². The quantitative estimate of drug-likeness (QED) is 0.567. The van der Waals surface area contributed by atoms with Gasteiger partial charge in [-0.05, 0) is 33.8 Å². The molecule has 0 aliphatic carbocycles. The molecule has 0 N–H and O–H groups in total. The molecule has 0 bridgehead atoms. The summed E-state index contributed by atoms with van der Waals surface area (Å²) in [5.74, 6) is 0. The van der Waals surface area contributed by atoms with E-state index in [9.17, 15) is 0 Å². The zero-order valence-electron chi connectivity index (χ0n) is 7.64. The third-order valence-electron chi connectivity index (χ3n) is 1.47.